The summed E-state index contributed by atoms with van der Waals surface area (Å²) in [7, 11) is 1.78. The van der Waals surface area contributed by atoms with E-state index < -0.39 is 0 Å². The van der Waals surface area contributed by atoms with Crippen molar-refractivity contribution in [1.29, 1.82) is 0 Å². The molecule has 14 heavy (non-hydrogen) atoms. The van der Waals surface area contributed by atoms with E-state index in [1.165, 1.54) is 19.4 Å². The number of nitrogens with zero attached hydrogens (tertiary/aromatic N) is 1. The van der Waals surface area contributed by atoms with Crippen LogP contribution in [-0.2, 0) is 4.74 Å². The van der Waals surface area contributed by atoms with Gasteiger partial charge in [0.25, 0.3) is 0 Å². The summed E-state index contributed by atoms with van der Waals surface area (Å²) >= 11 is 3.58. The smallest absolute Gasteiger partial charge is 0.0589 e. The predicted octanol–water partition coefficient (Wildman–Crippen LogP) is 2.52. The zero-order valence-electron chi connectivity index (χ0n) is 9.55. The summed E-state index contributed by atoms with van der Waals surface area (Å²) < 4.78 is 5.15. The predicted molar refractivity (Wildman–Crippen MR) is 64.0 cm³/mol. The molecule has 0 atom stereocenters. The van der Waals surface area contributed by atoms with Gasteiger partial charge in [0.1, 0.15) is 0 Å². The van der Waals surface area contributed by atoms with Gasteiger partial charge in [-0.2, -0.15) is 0 Å². The van der Waals surface area contributed by atoms with Crippen LogP contribution in [0.3, 0.4) is 0 Å². The molecule has 1 aliphatic rings. The van der Waals surface area contributed by atoms with Crippen molar-refractivity contribution < 1.29 is 4.74 Å². The Labute approximate surface area is 96.1 Å². The highest BCUT2D eigenvalue weighted by Gasteiger charge is 2.32. The van der Waals surface area contributed by atoms with Crippen molar-refractivity contribution in [2.45, 2.75) is 32.7 Å². The fourth-order valence-corrected chi connectivity index (χ4v) is 1.81. The van der Waals surface area contributed by atoms with Gasteiger partial charge in [-0.1, -0.05) is 29.8 Å². The van der Waals surface area contributed by atoms with Gasteiger partial charge in [0, 0.05) is 31.6 Å². The van der Waals surface area contributed by atoms with Crippen LogP contribution in [-0.4, -0.2) is 43.1 Å². The molecule has 0 saturated heterocycles. The van der Waals surface area contributed by atoms with Crippen LogP contribution in [0.5, 0.6) is 0 Å². The summed E-state index contributed by atoms with van der Waals surface area (Å²) in [5, 5.41) is 1.07. The van der Waals surface area contributed by atoms with E-state index in [4.69, 9.17) is 4.74 Å². The minimum Gasteiger partial charge on any atom is -0.383 e. The fourth-order valence-electron chi connectivity index (χ4n) is 1.63. The van der Waals surface area contributed by atoms with E-state index in [0.29, 0.717) is 5.41 Å². The lowest BCUT2D eigenvalue weighted by atomic mass is 9.96. The number of alkyl halides is 1. The Bertz CT molecular complexity index is 169. The normalized spacial score (nSPS) is 17.8. The first-order chi connectivity index (χ1) is 6.59. The summed E-state index contributed by atoms with van der Waals surface area (Å²) in [5.74, 6) is 0. The summed E-state index contributed by atoms with van der Waals surface area (Å²) in [5.41, 5.74) is 0.371. The van der Waals surface area contributed by atoms with Gasteiger partial charge in [-0.25, -0.2) is 0 Å². The van der Waals surface area contributed by atoms with Crippen LogP contribution in [0.15, 0.2) is 0 Å². The van der Waals surface area contributed by atoms with Gasteiger partial charge in [-0.3, -0.25) is 4.90 Å². The molecule has 0 heterocycles. The molecule has 0 bridgehead atoms. The Hall–Kier alpha value is 0.400. The molecule has 0 radical (unpaired) electrons. The van der Waals surface area contributed by atoms with Crippen molar-refractivity contribution in [1.82, 2.24) is 4.90 Å². The molecule has 0 N–H and O–H groups in total. The van der Waals surface area contributed by atoms with E-state index in [0.717, 1.165) is 24.5 Å². The zero-order chi connectivity index (χ0) is 10.6. The van der Waals surface area contributed by atoms with E-state index in [1.807, 2.05) is 0 Å². The van der Waals surface area contributed by atoms with Crippen molar-refractivity contribution >= 4 is 15.9 Å². The summed E-state index contributed by atoms with van der Waals surface area (Å²) in [4.78, 5) is 2.57. The van der Waals surface area contributed by atoms with E-state index in [-0.39, 0.29) is 0 Å². The number of ether oxygens (including phenoxy) is 1. The summed E-state index contributed by atoms with van der Waals surface area (Å²) in [6.07, 6.45) is 2.75. The van der Waals surface area contributed by atoms with Crippen molar-refractivity contribution in [3.8, 4) is 0 Å². The summed E-state index contributed by atoms with van der Waals surface area (Å²) in [6.45, 7) is 7.73. The minimum absolute atomic E-state index is 0.371. The molecule has 0 aromatic heterocycles. The maximum absolute atomic E-state index is 5.15. The number of methoxy groups -OCH3 is 1. The number of hydrogen-bond acceptors (Lipinski definition) is 2. The lowest BCUT2D eigenvalue weighted by molar-refractivity contribution is 0.119. The third-order valence-electron chi connectivity index (χ3n) is 2.64. The molecule has 1 rings (SSSR count). The molecule has 0 spiro atoms. The maximum atomic E-state index is 5.15. The Morgan fingerprint density at radius 3 is 2.50 bits per heavy atom. The molecule has 0 aliphatic heterocycles. The molecule has 1 aliphatic carbocycles. The second-order valence-corrected chi connectivity index (χ2v) is 5.55. The first-order valence-electron chi connectivity index (χ1n) is 5.38. The van der Waals surface area contributed by atoms with Crippen molar-refractivity contribution in [3.05, 3.63) is 0 Å². The Balaban J connectivity index is 2.34. The maximum Gasteiger partial charge on any atom is 0.0589 e. The lowest BCUT2D eigenvalue weighted by Gasteiger charge is -2.31. The molecule has 0 unspecified atom stereocenters. The Morgan fingerprint density at radius 2 is 2.07 bits per heavy atom. The number of rotatable bonds is 7. The first-order valence-corrected chi connectivity index (χ1v) is 6.50. The van der Waals surface area contributed by atoms with Gasteiger partial charge in [-0.15, -0.1) is 0 Å². The molecule has 1 fully saturated rings. The molecule has 0 amide bonds. The average Bonchev–Trinajstić information content (AvgIpc) is 2.95. The van der Waals surface area contributed by atoms with Crippen LogP contribution in [0.2, 0.25) is 0 Å². The third-order valence-corrected chi connectivity index (χ3v) is 4.16. The fraction of sp³-hybridized carbons (Fsp3) is 1.00. The van der Waals surface area contributed by atoms with Crippen molar-refractivity contribution in [2.24, 2.45) is 5.41 Å². The van der Waals surface area contributed by atoms with Gasteiger partial charge in [0.2, 0.25) is 0 Å². The molecule has 84 valence electrons. The molecule has 1 saturated carbocycles. The molecule has 3 heteroatoms. The second kappa shape index (κ2) is 5.47. The SMILES string of the molecule is COCCN(CC(C)(C)CBr)C1CC1. The molecular weight excluding hydrogens is 242 g/mol. The highest BCUT2D eigenvalue weighted by Crippen LogP contribution is 2.30. The Morgan fingerprint density at radius 1 is 1.43 bits per heavy atom. The molecule has 2 nitrogen and oxygen atoms in total. The van der Waals surface area contributed by atoms with Crippen LogP contribution < -0.4 is 0 Å². The second-order valence-electron chi connectivity index (χ2n) is 4.99. The topological polar surface area (TPSA) is 12.5 Å². The van der Waals surface area contributed by atoms with Crippen LogP contribution in [0.25, 0.3) is 0 Å². The zero-order valence-corrected chi connectivity index (χ0v) is 11.1. The van der Waals surface area contributed by atoms with Crippen LogP contribution in [0, 0.1) is 5.41 Å². The highest BCUT2D eigenvalue weighted by molar-refractivity contribution is 9.09. The van der Waals surface area contributed by atoms with Gasteiger partial charge < -0.3 is 4.74 Å². The number of hydrogen-bond donors (Lipinski definition) is 0. The highest BCUT2D eigenvalue weighted by atomic mass is 79.9. The van der Waals surface area contributed by atoms with E-state index in [1.54, 1.807) is 7.11 Å². The van der Waals surface area contributed by atoms with E-state index in [9.17, 15) is 0 Å². The molecule has 0 aromatic carbocycles. The Kier molecular flexibility index (Phi) is 4.88. The van der Waals surface area contributed by atoms with E-state index >= 15 is 0 Å². The van der Waals surface area contributed by atoms with Gasteiger partial charge in [-0.05, 0) is 18.3 Å². The van der Waals surface area contributed by atoms with Crippen molar-refractivity contribution in [2.75, 3.05) is 32.1 Å². The summed E-state index contributed by atoms with van der Waals surface area (Å²) in [6, 6.07) is 0.837. The van der Waals surface area contributed by atoms with Gasteiger partial charge in [0.05, 0.1) is 6.61 Å². The molecular formula is C11H22BrNO. The monoisotopic (exact) mass is 263 g/mol. The van der Waals surface area contributed by atoms with E-state index in [2.05, 4.69) is 34.7 Å². The largest absolute Gasteiger partial charge is 0.383 e. The standard InChI is InChI=1S/C11H22BrNO/c1-11(2,8-12)9-13(6-7-14-3)10-4-5-10/h10H,4-9H2,1-3H3. The minimum atomic E-state index is 0.371. The molecule has 0 aromatic rings. The average molecular weight is 264 g/mol. The van der Waals surface area contributed by atoms with Gasteiger partial charge in [0.15, 0.2) is 0 Å². The quantitative estimate of drug-likeness (QED) is 0.655. The van der Waals surface area contributed by atoms with Crippen molar-refractivity contribution in [3.63, 3.8) is 0 Å². The van der Waals surface area contributed by atoms with Crippen LogP contribution >= 0.6 is 15.9 Å². The van der Waals surface area contributed by atoms with Crippen LogP contribution in [0.1, 0.15) is 26.7 Å². The number of halogens is 1. The van der Waals surface area contributed by atoms with Crippen LogP contribution in [0.4, 0.5) is 0 Å². The third kappa shape index (κ3) is 4.28. The van der Waals surface area contributed by atoms with Gasteiger partial charge >= 0.3 is 0 Å². The first kappa shape index (κ1) is 12.5. The lowest BCUT2D eigenvalue weighted by Crippen LogP contribution is -2.38.